The summed E-state index contributed by atoms with van der Waals surface area (Å²) in [4.78, 5) is 2.50. The second-order valence-corrected chi connectivity index (χ2v) is 9.24. The number of sulfonamides is 1. The Kier molecular flexibility index (Phi) is 6.22. The van der Waals surface area contributed by atoms with Crippen molar-refractivity contribution in [3.8, 4) is 0 Å². The van der Waals surface area contributed by atoms with Crippen LogP contribution in [0.2, 0.25) is 0 Å². The van der Waals surface area contributed by atoms with Gasteiger partial charge in [0.15, 0.2) is 0 Å². The minimum absolute atomic E-state index is 0.0487. The van der Waals surface area contributed by atoms with E-state index in [0.717, 1.165) is 19.4 Å². The molecule has 21 heavy (non-hydrogen) atoms. The Morgan fingerprint density at radius 3 is 2.86 bits per heavy atom. The molecule has 0 spiro atoms. The Morgan fingerprint density at radius 2 is 2.24 bits per heavy atom. The van der Waals surface area contributed by atoms with Crippen molar-refractivity contribution in [3.63, 3.8) is 0 Å². The zero-order chi connectivity index (χ0) is 15.3. The van der Waals surface area contributed by atoms with E-state index in [1.807, 2.05) is 6.92 Å². The lowest BCUT2D eigenvalue weighted by Gasteiger charge is -2.23. The van der Waals surface area contributed by atoms with E-state index in [0.29, 0.717) is 12.5 Å². The van der Waals surface area contributed by atoms with E-state index in [1.54, 1.807) is 11.3 Å². The van der Waals surface area contributed by atoms with Crippen LogP contribution in [-0.2, 0) is 16.4 Å². The van der Waals surface area contributed by atoms with Crippen molar-refractivity contribution in [2.75, 3.05) is 12.3 Å². The molecule has 6 heteroatoms. The Labute approximate surface area is 132 Å². The standard InChI is InChI=1S/C15H26N2O2S2/c1-12(11-15-7-6-13(2)20-15)17-21(18,19)10-8-14-5-3-4-9-16-14/h6-7,12,14,16-17H,3-5,8-11H2,1-2H3. The third-order valence-corrected chi connectivity index (χ3v) is 6.39. The number of nitrogens with one attached hydrogen (secondary N) is 2. The van der Waals surface area contributed by atoms with Gasteiger partial charge < -0.3 is 5.32 Å². The Balaban J connectivity index is 1.76. The third-order valence-electron chi connectivity index (χ3n) is 3.83. The summed E-state index contributed by atoms with van der Waals surface area (Å²) in [6.07, 6.45) is 4.98. The highest BCUT2D eigenvalue weighted by Crippen LogP contribution is 2.17. The van der Waals surface area contributed by atoms with Crippen LogP contribution in [0.1, 0.15) is 42.4 Å². The maximum absolute atomic E-state index is 12.1. The second kappa shape index (κ2) is 7.72. The van der Waals surface area contributed by atoms with Crippen LogP contribution in [0.3, 0.4) is 0 Å². The highest BCUT2D eigenvalue weighted by molar-refractivity contribution is 7.89. The number of aryl methyl sites for hydroxylation is 1. The highest BCUT2D eigenvalue weighted by atomic mass is 32.2. The fourth-order valence-electron chi connectivity index (χ4n) is 2.77. The van der Waals surface area contributed by atoms with Gasteiger partial charge in [-0.1, -0.05) is 6.42 Å². The van der Waals surface area contributed by atoms with Crippen LogP contribution >= 0.6 is 11.3 Å². The van der Waals surface area contributed by atoms with Gasteiger partial charge in [-0.05, 0) is 58.2 Å². The van der Waals surface area contributed by atoms with Crippen LogP contribution in [0.5, 0.6) is 0 Å². The van der Waals surface area contributed by atoms with E-state index in [4.69, 9.17) is 0 Å². The summed E-state index contributed by atoms with van der Waals surface area (Å²) in [5.41, 5.74) is 0. The highest BCUT2D eigenvalue weighted by Gasteiger charge is 2.19. The molecule has 1 aromatic rings. The number of rotatable bonds is 7. The Morgan fingerprint density at radius 1 is 1.43 bits per heavy atom. The number of hydrogen-bond donors (Lipinski definition) is 2. The van der Waals surface area contributed by atoms with Crippen molar-refractivity contribution in [3.05, 3.63) is 21.9 Å². The van der Waals surface area contributed by atoms with Crippen molar-refractivity contribution in [1.82, 2.24) is 10.0 Å². The first-order valence-electron chi connectivity index (χ1n) is 7.73. The van der Waals surface area contributed by atoms with Crippen molar-refractivity contribution < 1.29 is 8.42 Å². The lowest BCUT2D eigenvalue weighted by atomic mass is 10.0. The van der Waals surface area contributed by atoms with E-state index < -0.39 is 10.0 Å². The molecule has 0 aromatic carbocycles. The van der Waals surface area contributed by atoms with Crippen LogP contribution in [0.25, 0.3) is 0 Å². The topological polar surface area (TPSA) is 58.2 Å². The predicted octanol–water partition coefficient (Wildman–Crippen LogP) is 2.44. The SMILES string of the molecule is Cc1ccc(CC(C)NS(=O)(=O)CCC2CCCCN2)s1. The van der Waals surface area contributed by atoms with E-state index in [-0.39, 0.29) is 11.8 Å². The molecule has 2 rings (SSSR count). The maximum atomic E-state index is 12.1. The minimum atomic E-state index is -3.18. The van der Waals surface area contributed by atoms with Crippen LogP contribution in [0.4, 0.5) is 0 Å². The number of hydrogen-bond acceptors (Lipinski definition) is 4. The lowest BCUT2D eigenvalue weighted by Crippen LogP contribution is -2.39. The van der Waals surface area contributed by atoms with Crippen molar-refractivity contribution >= 4 is 21.4 Å². The second-order valence-electron chi connectivity index (χ2n) is 5.99. The molecule has 1 fully saturated rings. The first kappa shape index (κ1) is 16.9. The predicted molar refractivity (Wildman–Crippen MR) is 89.4 cm³/mol. The van der Waals surface area contributed by atoms with Crippen LogP contribution in [-0.4, -0.2) is 32.8 Å². The molecule has 0 saturated carbocycles. The minimum Gasteiger partial charge on any atom is -0.314 e. The van der Waals surface area contributed by atoms with Gasteiger partial charge >= 0.3 is 0 Å². The number of piperidine rings is 1. The molecular weight excluding hydrogens is 304 g/mol. The zero-order valence-corrected chi connectivity index (χ0v) is 14.5. The van der Waals surface area contributed by atoms with Gasteiger partial charge in [-0.25, -0.2) is 13.1 Å². The summed E-state index contributed by atoms with van der Waals surface area (Å²) in [7, 11) is -3.18. The van der Waals surface area contributed by atoms with Gasteiger partial charge in [0.2, 0.25) is 10.0 Å². The lowest BCUT2D eigenvalue weighted by molar-refractivity contribution is 0.392. The Bertz CT molecular complexity index is 534. The quantitative estimate of drug-likeness (QED) is 0.807. The first-order chi connectivity index (χ1) is 9.94. The van der Waals surface area contributed by atoms with E-state index >= 15 is 0 Å². The number of thiophene rings is 1. The van der Waals surface area contributed by atoms with Gasteiger partial charge in [-0.2, -0.15) is 0 Å². The molecule has 0 radical (unpaired) electrons. The largest absolute Gasteiger partial charge is 0.314 e. The monoisotopic (exact) mass is 330 g/mol. The van der Waals surface area contributed by atoms with Gasteiger partial charge in [0.1, 0.15) is 0 Å². The molecule has 2 heterocycles. The van der Waals surface area contributed by atoms with E-state index in [2.05, 4.69) is 29.1 Å². The molecule has 120 valence electrons. The summed E-state index contributed by atoms with van der Waals surface area (Å²) < 4.78 is 27.1. The van der Waals surface area contributed by atoms with Gasteiger partial charge in [0.05, 0.1) is 5.75 Å². The average molecular weight is 331 g/mol. The van der Waals surface area contributed by atoms with Gasteiger partial charge in [0.25, 0.3) is 0 Å². The molecule has 1 aromatic heterocycles. The first-order valence-corrected chi connectivity index (χ1v) is 10.2. The summed E-state index contributed by atoms with van der Waals surface area (Å²) >= 11 is 1.73. The molecule has 1 aliphatic heterocycles. The van der Waals surface area contributed by atoms with Gasteiger partial charge in [0, 0.05) is 21.8 Å². The zero-order valence-electron chi connectivity index (χ0n) is 12.9. The molecule has 0 amide bonds. The molecule has 1 saturated heterocycles. The molecule has 1 aliphatic rings. The van der Waals surface area contributed by atoms with Gasteiger partial charge in [-0.3, -0.25) is 0 Å². The van der Waals surface area contributed by atoms with Crippen molar-refractivity contribution in [2.45, 2.75) is 58.0 Å². The normalized spacial score (nSPS) is 21.3. The Hall–Kier alpha value is -0.430. The van der Waals surface area contributed by atoms with Gasteiger partial charge in [-0.15, -0.1) is 11.3 Å². The molecule has 0 bridgehead atoms. The van der Waals surface area contributed by atoms with E-state index in [1.165, 1.54) is 22.6 Å². The summed E-state index contributed by atoms with van der Waals surface area (Å²) in [6.45, 7) is 5.03. The summed E-state index contributed by atoms with van der Waals surface area (Å²) in [5.74, 6) is 0.221. The molecule has 0 aliphatic carbocycles. The van der Waals surface area contributed by atoms with Crippen LogP contribution < -0.4 is 10.0 Å². The summed E-state index contributed by atoms with van der Waals surface area (Å²) in [5, 5.41) is 3.40. The van der Waals surface area contributed by atoms with Crippen LogP contribution in [0.15, 0.2) is 12.1 Å². The molecular formula is C15H26N2O2S2. The maximum Gasteiger partial charge on any atom is 0.211 e. The molecule has 2 atom stereocenters. The average Bonchev–Trinajstić information content (AvgIpc) is 2.82. The fraction of sp³-hybridized carbons (Fsp3) is 0.733. The van der Waals surface area contributed by atoms with Crippen LogP contribution in [0, 0.1) is 6.92 Å². The van der Waals surface area contributed by atoms with Crippen molar-refractivity contribution in [1.29, 1.82) is 0 Å². The van der Waals surface area contributed by atoms with Crippen molar-refractivity contribution in [2.24, 2.45) is 0 Å². The molecule has 2 N–H and O–H groups in total. The third kappa shape index (κ3) is 6.06. The molecule has 4 nitrogen and oxygen atoms in total. The smallest absolute Gasteiger partial charge is 0.211 e. The molecule has 2 unspecified atom stereocenters. The summed E-state index contributed by atoms with van der Waals surface area (Å²) in [6, 6.07) is 4.48. The fourth-order valence-corrected chi connectivity index (χ4v) is 5.20. The van der Waals surface area contributed by atoms with E-state index in [9.17, 15) is 8.42 Å².